The molecule has 0 spiro atoms. The fraction of sp³-hybridized carbons (Fsp3) is 0.286. The molecule has 1 amide bonds. The summed E-state index contributed by atoms with van der Waals surface area (Å²) in [4.78, 5) is 50.1. The van der Waals surface area contributed by atoms with Crippen LogP contribution in [0.5, 0.6) is 5.75 Å². The number of phenols is 1. The number of phenolic OH excluding ortho intramolecular Hbond substituents is 1. The molecule has 0 unspecified atom stereocenters. The number of Topliss-reactive ketones (excluding diaryl/α,β-unsaturated/α-hetero) is 3. The minimum absolute atomic E-state index is 0.109. The third-order valence-corrected chi connectivity index (χ3v) is 8.06. The fourth-order valence-electron chi connectivity index (χ4n) is 6.24. The molecule has 0 radical (unpaired) electrons. The van der Waals surface area contributed by atoms with Crippen molar-refractivity contribution in [1.82, 2.24) is 0 Å². The summed E-state index contributed by atoms with van der Waals surface area (Å²) in [5, 5.41) is 55.6. The Morgan fingerprint density at radius 3 is 2.39 bits per heavy atom. The first-order valence-electron chi connectivity index (χ1n) is 11.9. The molecule has 5 atom stereocenters. The SMILES string of the molecule is CC(=O)c1cccc(-c2ccc(O)c3c2[C@H](C)[C@@H]2C(=C3O)C(=O)[C@]3(O)C(O)=C(C(N)=O)C(=O)C[C@@H]3[C@H]2O)c1. The van der Waals surface area contributed by atoms with Crippen LogP contribution in [-0.2, 0) is 14.4 Å². The van der Waals surface area contributed by atoms with Crippen LogP contribution in [0.15, 0.2) is 53.3 Å². The van der Waals surface area contributed by atoms with Crippen molar-refractivity contribution < 1.29 is 44.7 Å². The number of aromatic hydroxyl groups is 1. The third kappa shape index (κ3) is 3.20. The van der Waals surface area contributed by atoms with E-state index in [0.29, 0.717) is 22.3 Å². The smallest absolute Gasteiger partial charge is 0.255 e. The van der Waals surface area contributed by atoms with E-state index >= 15 is 0 Å². The van der Waals surface area contributed by atoms with Gasteiger partial charge in [0.25, 0.3) is 5.91 Å². The zero-order valence-electron chi connectivity index (χ0n) is 20.4. The van der Waals surface area contributed by atoms with Gasteiger partial charge in [0.1, 0.15) is 22.8 Å². The second-order valence-corrected chi connectivity index (χ2v) is 10.0. The number of ketones is 3. The van der Waals surface area contributed by atoms with Gasteiger partial charge in [0.05, 0.1) is 11.7 Å². The lowest BCUT2D eigenvalue weighted by Crippen LogP contribution is -2.63. The molecule has 10 nitrogen and oxygen atoms in total. The molecule has 5 rings (SSSR count). The summed E-state index contributed by atoms with van der Waals surface area (Å²) >= 11 is 0. The Labute approximate surface area is 216 Å². The summed E-state index contributed by atoms with van der Waals surface area (Å²) in [5.41, 5.74) is 2.73. The lowest BCUT2D eigenvalue weighted by molar-refractivity contribution is -0.160. The van der Waals surface area contributed by atoms with E-state index in [9.17, 15) is 44.7 Å². The van der Waals surface area contributed by atoms with Gasteiger partial charge in [-0.2, -0.15) is 0 Å². The van der Waals surface area contributed by atoms with Gasteiger partial charge in [-0.3, -0.25) is 19.2 Å². The van der Waals surface area contributed by atoms with Crippen LogP contribution in [-0.4, -0.2) is 60.5 Å². The molecule has 10 heteroatoms. The lowest BCUT2D eigenvalue weighted by atomic mass is 9.55. The van der Waals surface area contributed by atoms with E-state index in [0.717, 1.165) is 0 Å². The second-order valence-electron chi connectivity index (χ2n) is 10.0. The van der Waals surface area contributed by atoms with Crippen LogP contribution >= 0.6 is 0 Å². The molecule has 0 saturated heterocycles. The molecule has 0 heterocycles. The molecule has 3 aliphatic rings. The number of rotatable bonds is 3. The molecular weight excluding hydrogens is 494 g/mol. The Balaban J connectivity index is 1.78. The summed E-state index contributed by atoms with van der Waals surface area (Å²) in [7, 11) is 0. The van der Waals surface area contributed by atoms with Gasteiger partial charge in [0.15, 0.2) is 17.2 Å². The van der Waals surface area contributed by atoms with Gasteiger partial charge in [0, 0.05) is 29.4 Å². The number of carbonyl (C=O) groups excluding carboxylic acids is 4. The Morgan fingerprint density at radius 1 is 1.08 bits per heavy atom. The van der Waals surface area contributed by atoms with E-state index in [1.54, 1.807) is 37.3 Å². The normalized spacial score (nSPS) is 28.5. The van der Waals surface area contributed by atoms with Crippen LogP contribution < -0.4 is 5.73 Å². The van der Waals surface area contributed by atoms with Crippen molar-refractivity contribution in [2.75, 3.05) is 0 Å². The zero-order chi connectivity index (χ0) is 27.8. The van der Waals surface area contributed by atoms with Crippen LogP contribution in [0.2, 0.25) is 0 Å². The van der Waals surface area contributed by atoms with E-state index in [-0.39, 0.29) is 17.1 Å². The quantitative estimate of drug-likeness (QED) is 0.259. The molecule has 38 heavy (non-hydrogen) atoms. The Morgan fingerprint density at radius 2 is 1.76 bits per heavy atom. The van der Waals surface area contributed by atoms with Crippen molar-refractivity contribution in [2.24, 2.45) is 17.6 Å². The van der Waals surface area contributed by atoms with E-state index in [1.165, 1.54) is 13.0 Å². The van der Waals surface area contributed by atoms with Crippen molar-refractivity contribution in [2.45, 2.75) is 37.9 Å². The summed E-state index contributed by atoms with van der Waals surface area (Å²) < 4.78 is 0. The highest BCUT2D eigenvalue weighted by atomic mass is 16.4. The minimum Gasteiger partial charge on any atom is -0.508 e. The number of carbonyl (C=O) groups is 4. The Bertz CT molecular complexity index is 1530. The van der Waals surface area contributed by atoms with E-state index in [2.05, 4.69) is 0 Å². The standard InChI is InChI=1S/C28H25NO9/c1-10-18-14(13-5-3-4-12(8-13)11(2)30)6-7-16(31)20(18)24(34)22-19(10)23(33)15-9-17(32)21(27(29)37)25(35)28(15,38)26(22)36/h3-8,10,15,19,23,31,33-35,38H,9H2,1-2H3,(H2,29,37)/t10-,15+,19+,23+,28+/m0/s1. The molecule has 196 valence electrons. The van der Waals surface area contributed by atoms with Gasteiger partial charge in [0.2, 0.25) is 5.78 Å². The number of amides is 1. The van der Waals surface area contributed by atoms with Crippen molar-refractivity contribution in [3.63, 3.8) is 0 Å². The number of primary amides is 1. The highest BCUT2D eigenvalue weighted by Crippen LogP contribution is 2.57. The zero-order valence-corrected chi connectivity index (χ0v) is 20.4. The first kappa shape index (κ1) is 25.4. The summed E-state index contributed by atoms with van der Waals surface area (Å²) in [5.74, 6) is -9.45. The van der Waals surface area contributed by atoms with Gasteiger partial charge in [-0.25, -0.2) is 0 Å². The van der Waals surface area contributed by atoms with Gasteiger partial charge in [-0.05, 0) is 41.7 Å². The molecule has 2 aromatic carbocycles. The number of hydrogen-bond donors (Lipinski definition) is 6. The first-order valence-corrected chi connectivity index (χ1v) is 11.9. The van der Waals surface area contributed by atoms with Crippen LogP contribution in [0.1, 0.15) is 47.7 Å². The van der Waals surface area contributed by atoms with Crippen LogP contribution in [0.3, 0.4) is 0 Å². The molecule has 1 saturated carbocycles. The molecule has 2 aromatic rings. The van der Waals surface area contributed by atoms with E-state index < -0.39 is 76.0 Å². The van der Waals surface area contributed by atoms with Gasteiger partial charge >= 0.3 is 0 Å². The van der Waals surface area contributed by atoms with Crippen molar-refractivity contribution >= 4 is 29.0 Å². The lowest BCUT2D eigenvalue weighted by Gasteiger charge is -2.50. The number of fused-ring (bicyclic) bond motifs is 3. The highest BCUT2D eigenvalue weighted by Gasteiger charge is 2.65. The maximum absolute atomic E-state index is 13.7. The summed E-state index contributed by atoms with van der Waals surface area (Å²) in [6.45, 7) is 3.07. The molecular formula is C28H25NO9. The molecule has 7 N–H and O–H groups in total. The predicted octanol–water partition coefficient (Wildman–Crippen LogP) is 1.83. The fourth-order valence-corrected chi connectivity index (χ4v) is 6.24. The largest absolute Gasteiger partial charge is 0.508 e. The second kappa shape index (κ2) is 8.37. The third-order valence-electron chi connectivity index (χ3n) is 8.06. The molecule has 0 aliphatic heterocycles. The molecule has 0 bridgehead atoms. The Kier molecular flexibility index (Phi) is 5.59. The number of hydrogen-bond acceptors (Lipinski definition) is 9. The topological polar surface area (TPSA) is 195 Å². The average molecular weight is 520 g/mol. The Hall–Kier alpha value is -4.28. The van der Waals surface area contributed by atoms with Crippen LogP contribution in [0.4, 0.5) is 0 Å². The van der Waals surface area contributed by atoms with Crippen molar-refractivity contribution in [3.05, 3.63) is 70.0 Å². The minimum atomic E-state index is -2.89. The summed E-state index contributed by atoms with van der Waals surface area (Å²) in [6.07, 6.45) is -2.28. The maximum Gasteiger partial charge on any atom is 0.255 e. The monoisotopic (exact) mass is 519 g/mol. The highest BCUT2D eigenvalue weighted by molar-refractivity contribution is 6.23. The first-order chi connectivity index (χ1) is 17.8. The van der Waals surface area contributed by atoms with Crippen LogP contribution in [0, 0.1) is 11.8 Å². The van der Waals surface area contributed by atoms with Crippen molar-refractivity contribution in [1.29, 1.82) is 0 Å². The molecule has 3 aliphatic carbocycles. The number of nitrogens with two attached hydrogens (primary N) is 1. The van der Waals surface area contributed by atoms with Crippen molar-refractivity contribution in [3.8, 4) is 16.9 Å². The van der Waals surface area contributed by atoms with Gasteiger partial charge in [-0.15, -0.1) is 0 Å². The summed E-state index contributed by atoms with van der Waals surface area (Å²) in [6, 6.07) is 9.60. The van der Waals surface area contributed by atoms with E-state index in [1.807, 2.05) is 0 Å². The van der Waals surface area contributed by atoms with Gasteiger partial charge in [-0.1, -0.05) is 31.2 Å². The number of aliphatic hydroxyl groups excluding tert-OH is 3. The van der Waals surface area contributed by atoms with Crippen LogP contribution in [0.25, 0.3) is 16.9 Å². The number of benzene rings is 2. The molecule has 1 fully saturated rings. The average Bonchev–Trinajstić information content (AvgIpc) is 2.86. The van der Waals surface area contributed by atoms with E-state index in [4.69, 9.17) is 5.73 Å². The number of aliphatic hydroxyl groups is 4. The predicted molar refractivity (Wildman–Crippen MR) is 133 cm³/mol. The maximum atomic E-state index is 13.7. The van der Waals surface area contributed by atoms with Gasteiger partial charge < -0.3 is 31.3 Å². The molecule has 0 aromatic heterocycles.